The number of azo groups is 1. The van der Waals surface area contributed by atoms with Crippen LogP contribution in [0.3, 0.4) is 0 Å². The number of nitrogens with one attached hydrogen (secondary N) is 1. The Kier molecular flexibility index (Phi) is 10.3. The van der Waals surface area contributed by atoms with Crippen LogP contribution in [-0.2, 0) is 14.8 Å². The largest absolute Gasteiger partial charge is 0.426 e. The third kappa shape index (κ3) is 8.80. The van der Waals surface area contributed by atoms with Crippen LogP contribution in [0.4, 0.5) is 17.2 Å². The number of hydrogen-bond donors (Lipinski definition) is 2. The molecule has 0 aliphatic carbocycles. The van der Waals surface area contributed by atoms with Crippen molar-refractivity contribution in [1.29, 1.82) is 0 Å². The summed E-state index contributed by atoms with van der Waals surface area (Å²) >= 11 is 3.88. The predicted octanol–water partition coefficient (Wildman–Crippen LogP) is 6.63. The Labute approximate surface area is 221 Å². The zero-order valence-electron chi connectivity index (χ0n) is 20.3. The van der Waals surface area contributed by atoms with Gasteiger partial charge in [0.15, 0.2) is 0 Å². The van der Waals surface area contributed by atoms with Crippen molar-refractivity contribution in [3.8, 4) is 5.75 Å². The lowest BCUT2D eigenvalue weighted by Crippen LogP contribution is -2.13. The molecule has 1 aromatic heterocycles. The first kappa shape index (κ1) is 28.0. The van der Waals surface area contributed by atoms with Crippen molar-refractivity contribution >= 4 is 50.9 Å². The lowest BCUT2D eigenvalue weighted by Gasteiger charge is -2.08. The van der Waals surface area contributed by atoms with E-state index in [0.717, 1.165) is 32.1 Å². The van der Waals surface area contributed by atoms with Crippen LogP contribution in [0.15, 0.2) is 82.0 Å². The van der Waals surface area contributed by atoms with Gasteiger partial charge in [-0.15, -0.1) is 12.6 Å². The van der Waals surface area contributed by atoms with Crippen molar-refractivity contribution in [2.45, 2.75) is 50.3 Å². The lowest BCUT2D eigenvalue weighted by molar-refractivity contribution is -0.134. The Bertz CT molecular complexity index is 1350. The fourth-order valence-electron chi connectivity index (χ4n) is 3.31. The minimum atomic E-state index is -3.81. The maximum Gasteiger partial charge on any atom is 0.311 e. The van der Waals surface area contributed by atoms with Gasteiger partial charge in [0.05, 0.1) is 21.8 Å². The number of aromatic nitrogens is 1. The van der Waals surface area contributed by atoms with Crippen molar-refractivity contribution in [2.75, 3.05) is 4.72 Å². The van der Waals surface area contributed by atoms with Crippen LogP contribution in [0.5, 0.6) is 5.75 Å². The Hall–Kier alpha value is -3.57. The second kappa shape index (κ2) is 13.7. The van der Waals surface area contributed by atoms with Gasteiger partial charge in [0.25, 0.3) is 10.0 Å². The summed E-state index contributed by atoms with van der Waals surface area (Å²) in [6, 6.07) is 15.2. The van der Waals surface area contributed by atoms with Gasteiger partial charge in [0.2, 0.25) is 5.12 Å². The summed E-state index contributed by atoms with van der Waals surface area (Å²) in [5, 5.41) is 7.62. The second-order valence-corrected chi connectivity index (χ2v) is 10.2. The molecule has 37 heavy (non-hydrogen) atoms. The summed E-state index contributed by atoms with van der Waals surface area (Å²) in [6.07, 6.45) is 6.77. The quantitative estimate of drug-likeness (QED) is 0.0823. The third-order valence-electron chi connectivity index (χ3n) is 5.23. The summed E-state index contributed by atoms with van der Waals surface area (Å²) in [6.45, 7) is 2.12. The van der Waals surface area contributed by atoms with Crippen LogP contribution >= 0.6 is 12.6 Å². The van der Waals surface area contributed by atoms with Crippen molar-refractivity contribution in [2.24, 2.45) is 10.2 Å². The number of unbranched alkanes of at least 4 members (excludes halogenated alkanes) is 4. The standard InChI is InChI=1S/C26H28N4O5S2/c1-2-3-4-5-6-10-25(31)35-23-16-13-20(18-22(23)26(32)36)29-28-19-11-14-21(15-12-19)37(33,34)30-24-9-7-8-17-27-24/h7-9,11-18H,2-6,10H2,1H3,(H,27,30)(H,32,36). The van der Waals surface area contributed by atoms with Gasteiger partial charge in [-0.25, -0.2) is 13.4 Å². The molecule has 0 aliphatic rings. The Morgan fingerprint density at radius 1 is 0.946 bits per heavy atom. The van der Waals surface area contributed by atoms with E-state index >= 15 is 0 Å². The maximum atomic E-state index is 12.5. The molecular formula is C26H28N4O5S2. The highest BCUT2D eigenvalue weighted by molar-refractivity contribution is 7.97. The third-order valence-corrected chi connectivity index (χ3v) is 6.85. The van der Waals surface area contributed by atoms with Crippen molar-refractivity contribution in [3.63, 3.8) is 0 Å². The van der Waals surface area contributed by atoms with Gasteiger partial charge in [0, 0.05) is 12.6 Å². The number of sulfonamides is 1. The molecule has 0 unspecified atom stereocenters. The fraction of sp³-hybridized carbons (Fsp3) is 0.269. The number of thiol groups is 1. The van der Waals surface area contributed by atoms with Gasteiger partial charge >= 0.3 is 5.97 Å². The molecule has 2 aromatic carbocycles. The first-order valence-electron chi connectivity index (χ1n) is 11.8. The molecular weight excluding hydrogens is 512 g/mol. The van der Waals surface area contributed by atoms with Crippen LogP contribution in [0.2, 0.25) is 0 Å². The number of benzene rings is 2. The molecule has 0 atom stereocenters. The van der Waals surface area contributed by atoms with Gasteiger partial charge in [-0.2, -0.15) is 10.2 Å². The molecule has 0 saturated heterocycles. The van der Waals surface area contributed by atoms with E-state index in [1.807, 2.05) is 0 Å². The van der Waals surface area contributed by atoms with E-state index in [2.05, 4.69) is 39.5 Å². The topological polar surface area (TPSA) is 127 Å². The van der Waals surface area contributed by atoms with E-state index in [4.69, 9.17) is 4.74 Å². The normalized spacial score (nSPS) is 11.4. The molecule has 3 rings (SSSR count). The Morgan fingerprint density at radius 2 is 1.65 bits per heavy atom. The van der Waals surface area contributed by atoms with E-state index < -0.39 is 21.1 Å². The van der Waals surface area contributed by atoms with Gasteiger partial charge in [-0.05, 0) is 61.0 Å². The zero-order valence-corrected chi connectivity index (χ0v) is 22.0. The number of nitrogens with zero attached hydrogens (tertiary/aromatic N) is 3. The first-order valence-corrected chi connectivity index (χ1v) is 13.7. The molecule has 0 bridgehead atoms. The van der Waals surface area contributed by atoms with Gasteiger partial charge in [-0.3, -0.25) is 14.3 Å². The number of hydrogen-bond acceptors (Lipinski definition) is 8. The minimum Gasteiger partial charge on any atom is -0.426 e. The highest BCUT2D eigenvalue weighted by atomic mass is 32.2. The molecule has 9 nitrogen and oxygen atoms in total. The maximum absolute atomic E-state index is 12.5. The SMILES string of the molecule is CCCCCCCC(=O)Oc1ccc(N=Nc2ccc(S(=O)(=O)Nc3ccccn3)cc2)cc1C(=O)S. The molecule has 0 fully saturated rings. The molecule has 11 heteroatoms. The molecule has 0 amide bonds. The van der Waals surface area contributed by atoms with Crippen LogP contribution in [0.25, 0.3) is 0 Å². The smallest absolute Gasteiger partial charge is 0.311 e. The highest BCUT2D eigenvalue weighted by Crippen LogP contribution is 2.28. The van der Waals surface area contributed by atoms with E-state index in [1.165, 1.54) is 42.6 Å². The number of ether oxygens (including phenoxy) is 1. The predicted molar refractivity (Wildman–Crippen MR) is 144 cm³/mol. The highest BCUT2D eigenvalue weighted by Gasteiger charge is 2.16. The second-order valence-electron chi connectivity index (χ2n) is 8.14. The fourth-order valence-corrected chi connectivity index (χ4v) is 4.49. The van der Waals surface area contributed by atoms with Crippen molar-refractivity contribution in [1.82, 2.24) is 4.98 Å². The van der Waals surface area contributed by atoms with Crippen molar-refractivity contribution < 1.29 is 22.7 Å². The van der Waals surface area contributed by atoms with E-state index in [9.17, 15) is 18.0 Å². The van der Waals surface area contributed by atoms with E-state index in [-0.39, 0.29) is 28.4 Å². The van der Waals surface area contributed by atoms with Crippen LogP contribution in [0.1, 0.15) is 55.8 Å². The molecule has 0 saturated carbocycles. The molecule has 0 spiro atoms. The molecule has 1 N–H and O–H groups in total. The number of anilines is 1. The summed E-state index contributed by atoms with van der Waals surface area (Å²) in [7, 11) is -3.81. The van der Waals surface area contributed by atoms with Crippen LogP contribution < -0.4 is 9.46 Å². The molecule has 194 valence electrons. The van der Waals surface area contributed by atoms with Crippen LogP contribution in [0, 0.1) is 0 Å². The Morgan fingerprint density at radius 3 is 2.32 bits per heavy atom. The number of carbonyl (C=O) groups excluding carboxylic acids is 2. The van der Waals surface area contributed by atoms with Gasteiger partial charge in [-0.1, -0.05) is 38.7 Å². The molecule has 3 aromatic rings. The summed E-state index contributed by atoms with van der Waals surface area (Å²) in [5.74, 6) is -0.0799. The number of pyridine rings is 1. The summed E-state index contributed by atoms with van der Waals surface area (Å²) in [4.78, 5) is 28.2. The average Bonchev–Trinajstić information content (AvgIpc) is 2.88. The van der Waals surface area contributed by atoms with Gasteiger partial charge < -0.3 is 4.74 Å². The average molecular weight is 541 g/mol. The molecule has 1 heterocycles. The summed E-state index contributed by atoms with van der Waals surface area (Å²) in [5.41, 5.74) is 0.834. The molecule has 0 aliphatic heterocycles. The molecule has 0 radical (unpaired) electrons. The zero-order chi connectivity index (χ0) is 26.7. The minimum absolute atomic E-state index is 0.0385. The van der Waals surface area contributed by atoms with E-state index in [1.54, 1.807) is 24.3 Å². The first-order chi connectivity index (χ1) is 17.8. The number of rotatable bonds is 13. The lowest BCUT2D eigenvalue weighted by atomic mass is 10.1. The monoisotopic (exact) mass is 540 g/mol. The number of carbonyl (C=O) groups is 2. The number of esters is 1. The Balaban J connectivity index is 1.65. The van der Waals surface area contributed by atoms with Gasteiger partial charge in [0.1, 0.15) is 11.6 Å². The van der Waals surface area contributed by atoms with Crippen LogP contribution in [-0.4, -0.2) is 24.5 Å². The van der Waals surface area contributed by atoms with Crippen molar-refractivity contribution in [3.05, 3.63) is 72.4 Å². The van der Waals surface area contributed by atoms with E-state index in [0.29, 0.717) is 11.4 Å². The summed E-state index contributed by atoms with van der Waals surface area (Å²) < 4.78 is 32.8.